The number of furan rings is 1. The fraction of sp³-hybridized carbons (Fsp3) is 0.273. The summed E-state index contributed by atoms with van der Waals surface area (Å²) in [6.07, 6.45) is 2.63. The number of hydrogen-bond acceptors (Lipinski definition) is 4. The summed E-state index contributed by atoms with van der Waals surface area (Å²) in [5.41, 5.74) is 1.70. The van der Waals surface area contributed by atoms with Crippen LogP contribution in [0.4, 0.5) is 0 Å². The van der Waals surface area contributed by atoms with E-state index in [9.17, 15) is 0 Å². The van der Waals surface area contributed by atoms with Gasteiger partial charge in [-0.05, 0) is 61.1 Å². The van der Waals surface area contributed by atoms with Gasteiger partial charge in [-0.2, -0.15) is 0 Å². The van der Waals surface area contributed by atoms with Crippen molar-refractivity contribution in [3.8, 4) is 11.3 Å². The molecule has 30 heavy (non-hydrogen) atoms. The minimum absolute atomic E-state index is 0.124. The Labute approximate surface area is 190 Å². The van der Waals surface area contributed by atoms with Crippen molar-refractivity contribution in [2.24, 2.45) is 0 Å². The molecule has 5 nitrogen and oxygen atoms in total. The number of thiocarbonyl (C=S) groups is 1. The summed E-state index contributed by atoms with van der Waals surface area (Å²) in [6, 6.07) is 14.9. The average Bonchev–Trinajstić information content (AvgIpc) is 3.34. The summed E-state index contributed by atoms with van der Waals surface area (Å²) in [5, 5.41) is 5.22. The van der Waals surface area contributed by atoms with Crippen LogP contribution >= 0.6 is 35.4 Å². The van der Waals surface area contributed by atoms with Crippen LogP contribution in [0, 0.1) is 0 Å². The Hall–Kier alpha value is -2.12. The minimum Gasteiger partial charge on any atom is -0.459 e. The van der Waals surface area contributed by atoms with Gasteiger partial charge in [0, 0.05) is 37.0 Å². The summed E-state index contributed by atoms with van der Waals surface area (Å²) in [6.45, 7) is 1.40. The maximum absolute atomic E-state index is 6.38. The molecule has 1 aliphatic rings. The highest BCUT2D eigenvalue weighted by Gasteiger charge is 2.41. The molecule has 2 atom stereocenters. The molecular weight excluding hydrogens is 441 g/mol. The van der Waals surface area contributed by atoms with Crippen molar-refractivity contribution in [3.05, 3.63) is 76.2 Å². The molecule has 1 saturated heterocycles. The molecule has 3 aromatic rings. The summed E-state index contributed by atoms with van der Waals surface area (Å²) >= 11 is 18.1. The van der Waals surface area contributed by atoms with E-state index in [0.717, 1.165) is 30.0 Å². The standard InChI is InChI=1S/C22H21Cl2N3O2S/c1-28-12-4-11-27-21(20(26-22(27)30)17-5-2-3-10-25-17)19-9-8-18(29-19)15-7-6-14(23)13-16(15)24/h2-3,5-10,13,20-21H,4,11-12H2,1H3,(H,26,30)/t20-,21+/m0/s1. The highest BCUT2D eigenvalue weighted by Crippen LogP contribution is 2.41. The quantitative estimate of drug-likeness (QED) is 0.361. The van der Waals surface area contributed by atoms with Gasteiger partial charge in [-0.3, -0.25) is 4.98 Å². The smallest absolute Gasteiger partial charge is 0.170 e. The predicted molar refractivity (Wildman–Crippen MR) is 123 cm³/mol. The SMILES string of the molecule is COCCCN1C(=S)N[C@@H](c2ccccn2)[C@H]1c1ccc(-c2ccc(Cl)cc2Cl)o1. The highest BCUT2D eigenvalue weighted by molar-refractivity contribution is 7.80. The average molecular weight is 462 g/mol. The molecule has 0 unspecified atom stereocenters. The fourth-order valence-corrected chi connectivity index (χ4v) is 4.51. The van der Waals surface area contributed by atoms with Crippen LogP contribution in [0.1, 0.15) is 30.0 Å². The molecule has 0 saturated carbocycles. The van der Waals surface area contributed by atoms with E-state index in [1.807, 2.05) is 36.4 Å². The Morgan fingerprint density at radius 3 is 2.80 bits per heavy atom. The van der Waals surface area contributed by atoms with Crippen LogP contribution in [0.15, 0.2) is 59.1 Å². The van der Waals surface area contributed by atoms with Gasteiger partial charge in [-0.15, -0.1) is 0 Å². The second-order valence-corrected chi connectivity index (χ2v) is 8.22. The van der Waals surface area contributed by atoms with Gasteiger partial charge in [-0.25, -0.2) is 0 Å². The number of hydrogen-bond donors (Lipinski definition) is 1. The van der Waals surface area contributed by atoms with E-state index in [1.165, 1.54) is 0 Å². The third-order valence-electron chi connectivity index (χ3n) is 5.06. The Morgan fingerprint density at radius 2 is 2.07 bits per heavy atom. The molecule has 1 fully saturated rings. The van der Waals surface area contributed by atoms with Crippen molar-refractivity contribution >= 4 is 40.5 Å². The van der Waals surface area contributed by atoms with E-state index in [-0.39, 0.29) is 12.1 Å². The molecule has 0 bridgehead atoms. The monoisotopic (exact) mass is 461 g/mol. The number of halogens is 2. The lowest BCUT2D eigenvalue weighted by atomic mass is 10.0. The van der Waals surface area contributed by atoms with Gasteiger partial charge in [0.2, 0.25) is 0 Å². The molecule has 0 aliphatic carbocycles. The van der Waals surface area contributed by atoms with Crippen LogP contribution in [-0.4, -0.2) is 35.3 Å². The van der Waals surface area contributed by atoms with Crippen LogP contribution in [0.25, 0.3) is 11.3 Å². The number of ether oxygens (including phenoxy) is 1. The van der Waals surface area contributed by atoms with Crippen molar-refractivity contribution in [1.29, 1.82) is 0 Å². The topological polar surface area (TPSA) is 50.5 Å². The summed E-state index contributed by atoms with van der Waals surface area (Å²) in [4.78, 5) is 6.68. The first-order valence-corrected chi connectivity index (χ1v) is 10.8. The third-order valence-corrected chi connectivity index (χ3v) is 5.96. The molecule has 0 spiro atoms. The number of rotatable bonds is 7. The highest BCUT2D eigenvalue weighted by atomic mass is 35.5. The van der Waals surface area contributed by atoms with Crippen LogP contribution in [0.2, 0.25) is 10.0 Å². The van der Waals surface area contributed by atoms with Crippen molar-refractivity contribution in [3.63, 3.8) is 0 Å². The van der Waals surface area contributed by atoms with E-state index in [1.54, 1.807) is 25.4 Å². The van der Waals surface area contributed by atoms with Gasteiger partial charge in [0.05, 0.1) is 16.8 Å². The largest absolute Gasteiger partial charge is 0.459 e. The van der Waals surface area contributed by atoms with Crippen LogP contribution in [-0.2, 0) is 4.74 Å². The van der Waals surface area contributed by atoms with Gasteiger partial charge in [0.15, 0.2) is 5.11 Å². The number of nitrogens with zero attached hydrogens (tertiary/aromatic N) is 2. The van der Waals surface area contributed by atoms with Crippen molar-refractivity contribution < 1.29 is 9.15 Å². The van der Waals surface area contributed by atoms with E-state index in [4.69, 9.17) is 44.6 Å². The first kappa shape index (κ1) is 21.1. The maximum Gasteiger partial charge on any atom is 0.170 e. The van der Waals surface area contributed by atoms with Gasteiger partial charge in [0.1, 0.15) is 17.6 Å². The van der Waals surface area contributed by atoms with Crippen molar-refractivity contribution in [2.75, 3.05) is 20.3 Å². The number of nitrogens with one attached hydrogen (secondary N) is 1. The molecule has 0 radical (unpaired) electrons. The third kappa shape index (κ3) is 4.32. The number of methoxy groups -OCH3 is 1. The maximum atomic E-state index is 6.38. The van der Waals surface area contributed by atoms with E-state index >= 15 is 0 Å². The molecule has 156 valence electrons. The lowest BCUT2D eigenvalue weighted by molar-refractivity contribution is 0.177. The van der Waals surface area contributed by atoms with Gasteiger partial charge in [-0.1, -0.05) is 29.3 Å². The lowest BCUT2D eigenvalue weighted by Crippen LogP contribution is -2.31. The Kier molecular flexibility index (Phi) is 6.58. The zero-order chi connectivity index (χ0) is 21.1. The van der Waals surface area contributed by atoms with E-state index in [2.05, 4.69) is 15.2 Å². The zero-order valence-corrected chi connectivity index (χ0v) is 18.7. The Morgan fingerprint density at radius 1 is 1.20 bits per heavy atom. The van der Waals surface area contributed by atoms with Crippen LogP contribution < -0.4 is 5.32 Å². The van der Waals surface area contributed by atoms with Crippen LogP contribution in [0.5, 0.6) is 0 Å². The second-order valence-electron chi connectivity index (χ2n) is 6.99. The Bertz CT molecular complexity index is 1030. The first-order chi connectivity index (χ1) is 14.6. The van der Waals surface area contributed by atoms with Gasteiger partial charge < -0.3 is 19.4 Å². The number of benzene rings is 1. The molecule has 3 heterocycles. The number of aromatic nitrogens is 1. The van der Waals surface area contributed by atoms with E-state index in [0.29, 0.717) is 27.5 Å². The molecule has 1 aromatic carbocycles. The molecule has 0 amide bonds. The molecular formula is C22H21Cl2N3O2S. The van der Waals surface area contributed by atoms with Crippen LogP contribution in [0.3, 0.4) is 0 Å². The lowest BCUT2D eigenvalue weighted by Gasteiger charge is -2.26. The summed E-state index contributed by atoms with van der Waals surface area (Å²) in [5.74, 6) is 1.47. The normalized spacial score (nSPS) is 18.6. The summed E-state index contributed by atoms with van der Waals surface area (Å²) < 4.78 is 11.5. The second kappa shape index (κ2) is 9.35. The first-order valence-electron chi connectivity index (χ1n) is 9.60. The molecule has 8 heteroatoms. The van der Waals surface area contributed by atoms with Gasteiger partial charge >= 0.3 is 0 Å². The molecule has 1 N–H and O–H groups in total. The molecule has 2 aromatic heterocycles. The zero-order valence-electron chi connectivity index (χ0n) is 16.3. The van der Waals surface area contributed by atoms with Crippen molar-refractivity contribution in [2.45, 2.75) is 18.5 Å². The van der Waals surface area contributed by atoms with Gasteiger partial charge in [0.25, 0.3) is 0 Å². The summed E-state index contributed by atoms with van der Waals surface area (Å²) in [7, 11) is 1.70. The minimum atomic E-state index is -0.135. The van der Waals surface area contributed by atoms with Crippen molar-refractivity contribution in [1.82, 2.24) is 15.2 Å². The molecule has 1 aliphatic heterocycles. The Balaban J connectivity index is 1.69. The predicted octanol–water partition coefficient (Wildman–Crippen LogP) is 5.66. The number of pyridine rings is 1. The van der Waals surface area contributed by atoms with E-state index < -0.39 is 0 Å². The molecule has 4 rings (SSSR count). The fourth-order valence-electron chi connectivity index (χ4n) is 3.68.